The van der Waals surface area contributed by atoms with Crippen LogP contribution in [-0.4, -0.2) is 9.38 Å². The Morgan fingerprint density at radius 2 is 1.50 bits per heavy atom. The van der Waals surface area contributed by atoms with E-state index in [9.17, 15) is 0 Å². The summed E-state index contributed by atoms with van der Waals surface area (Å²) >= 11 is 0. The van der Waals surface area contributed by atoms with Crippen LogP contribution in [0, 0.1) is 20.8 Å². The minimum absolute atomic E-state index is 0.743. The molecule has 0 fully saturated rings. The zero-order chi connectivity index (χ0) is 18.1. The Hall–Kier alpha value is -3.27. The van der Waals surface area contributed by atoms with Crippen molar-refractivity contribution in [3.05, 3.63) is 83.6 Å². The van der Waals surface area contributed by atoms with E-state index in [1.54, 1.807) is 0 Å². The van der Waals surface area contributed by atoms with Crippen molar-refractivity contribution in [3.8, 4) is 11.3 Å². The van der Waals surface area contributed by atoms with Gasteiger partial charge in [-0.25, -0.2) is 4.98 Å². The molecule has 0 saturated heterocycles. The van der Waals surface area contributed by atoms with Gasteiger partial charge >= 0.3 is 0 Å². The molecule has 0 radical (unpaired) electrons. The first kappa shape index (κ1) is 16.2. The van der Waals surface area contributed by atoms with Crippen LogP contribution in [0.5, 0.6) is 0 Å². The molecule has 0 aliphatic rings. The molecule has 4 rings (SSSR count). The molecule has 2 aromatic heterocycles. The molecule has 2 heterocycles. The second-order valence-corrected chi connectivity index (χ2v) is 6.52. The SMILES string of the molecule is Cc1ccc(-c2nc3ccccn3c2N=Nc2c(C)cccc2C)cc1. The van der Waals surface area contributed by atoms with Gasteiger partial charge in [-0.3, -0.25) is 4.40 Å². The van der Waals surface area contributed by atoms with Gasteiger partial charge in [0.15, 0.2) is 5.82 Å². The van der Waals surface area contributed by atoms with Crippen LogP contribution in [0.25, 0.3) is 16.9 Å². The molecule has 0 atom stereocenters. The highest BCUT2D eigenvalue weighted by atomic mass is 15.2. The van der Waals surface area contributed by atoms with E-state index in [-0.39, 0.29) is 0 Å². The molecule has 2 aromatic carbocycles. The van der Waals surface area contributed by atoms with Gasteiger partial charge in [0.2, 0.25) is 0 Å². The summed E-state index contributed by atoms with van der Waals surface area (Å²) in [7, 11) is 0. The number of hydrogen-bond donors (Lipinski definition) is 0. The van der Waals surface area contributed by atoms with Crippen molar-refractivity contribution in [1.29, 1.82) is 0 Å². The van der Waals surface area contributed by atoms with Crippen LogP contribution in [0.2, 0.25) is 0 Å². The second-order valence-electron chi connectivity index (χ2n) is 6.52. The van der Waals surface area contributed by atoms with E-state index in [4.69, 9.17) is 4.98 Å². The first-order valence-corrected chi connectivity index (χ1v) is 8.65. The zero-order valence-electron chi connectivity index (χ0n) is 15.1. The summed E-state index contributed by atoms with van der Waals surface area (Å²) in [6.45, 7) is 6.18. The molecule has 0 spiro atoms. The lowest BCUT2D eigenvalue weighted by molar-refractivity contribution is 1.09. The van der Waals surface area contributed by atoms with Crippen molar-refractivity contribution in [2.75, 3.05) is 0 Å². The second kappa shape index (κ2) is 6.56. The largest absolute Gasteiger partial charge is 0.283 e. The van der Waals surface area contributed by atoms with Crippen LogP contribution in [0.1, 0.15) is 16.7 Å². The fraction of sp³-hybridized carbons (Fsp3) is 0.136. The molecule has 4 nitrogen and oxygen atoms in total. The highest BCUT2D eigenvalue weighted by Crippen LogP contribution is 2.33. The molecular formula is C22H20N4. The van der Waals surface area contributed by atoms with Gasteiger partial charge in [0.05, 0.1) is 5.69 Å². The molecule has 26 heavy (non-hydrogen) atoms. The van der Waals surface area contributed by atoms with Crippen LogP contribution in [-0.2, 0) is 0 Å². The fourth-order valence-electron chi connectivity index (χ4n) is 3.04. The Morgan fingerprint density at radius 1 is 0.769 bits per heavy atom. The quantitative estimate of drug-likeness (QED) is 0.401. The minimum atomic E-state index is 0.743. The van der Waals surface area contributed by atoms with Gasteiger partial charge in [0.1, 0.15) is 11.3 Å². The summed E-state index contributed by atoms with van der Waals surface area (Å²) < 4.78 is 1.98. The molecule has 0 aliphatic carbocycles. The van der Waals surface area contributed by atoms with Crippen LogP contribution in [0.15, 0.2) is 77.1 Å². The fourth-order valence-corrected chi connectivity index (χ4v) is 3.04. The smallest absolute Gasteiger partial charge is 0.187 e. The van der Waals surface area contributed by atoms with E-state index >= 15 is 0 Å². The zero-order valence-corrected chi connectivity index (χ0v) is 15.1. The minimum Gasteiger partial charge on any atom is -0.283 e. The van der Waals surface area contributed by atoms with E-state index in [2.05, 4.69) is 67.4 Å². The maximum atomic E-state index is 4.78. The number of fused-ring (bicyclic) bond motifs is 1. The van der Waals surface area contributed by atoms with Gasteiger partial charge in [0, 0.05) is 11.8 Å². The van der Waals surface area contributed by atoms with Gasteiger partial charge < -0.3 is 0 Å². The highest BCUT2D eigenvalue weighted by Gasteiger charge is 2.14. The van der Waals surface area contributed by atoms with Crippen molar-refractivity contribution in [2.45, 2.75) is 20.8 Å². The molecule has 0 amide bonds. The van der Waals surface area contributed by atoms with Crippen molar-refractivity contribution in [3.63, 3.8) is 0 Å². The molecule has 0 N–H and O–H groups in total. The van der Waals surface area contributed by atoms with Gasteiger partial charge in [-0.15, -0.1) is 10.2 Å². The standard InChI is InChI=1S/C22H20N4/c1-15-10-12-18(13-11-15)21-22(26-14-5-4-9-19(26)23-21)25-24-20-16(2)7-6-8-17(20)3/h4-14H,1-3H3. The number of benzene rings is 2. The lowest BCUT2D eigenvalue weighted by atomic mass is 10.1. The number of azo groups is 1. The predicted octanol–water partition coefficient (Wildman–Crippen LogP) is 6.34. The third-order valence-corrected chi connectivity index (χ3v) is 4.51. The molecule has 0 bridgehead atoms. The van der Waals surface area contributed by atoms with Crippen molar-refractivity contribution < 1.29 is 0 Å². The molecule has 0 aliphatic heterocycles. The van der Waals surface area contributed by atoms with Crippen LogP contribution in [0.3, 0.4) is 0 Å². The maximum Gasteiger partial charge on any atom is 0.187 e. The van der Waals surface area contributed by atoms with E-state index in [0.717, 1.165) is 39.5 Å². The summed E-state index contributed by atoms with van der Waals surface area (Å²) in [4.78, 5) is 4.78. The molecule has 4 heteroatoms. The number of rotatable bonds is 3. The molecule has 0 saturated carbocycles. The molecule has 0 unspecified atom stereocenters. The number of aryl methyl sites for hydroxylation is 3. The van der Waals surface area contributed by atoms with Gasteiger partial charge in [-0.2, -0.15) is 0 Å². The lowest BCUT2D eigenvalue weighted by Crippen LogP contribution is -1.83. The number of imidazole rings is 1. The molecule has 128 valence electrons. The Balaban J connectivity index is 1.89. The average Bonchev–Trinajstić information content (AvgIpc) is 3.01. The predicted molar refractivity (Wildman–Crippen MR) is 105 cm³/mol. The number of nitrogens with zero attached hydrogens (tertiary/aromatic N) is 4. The summed E-state index contributed by atoms with van der Waals surface area (Å²) in [5, 5.41) is 9.18. The van der Waals surface area contributed by atoms with E-state index in [0.29, 0.717) is 0 Å². The summed E-state index contributed by atoms with van der Waals surface area (Å²) in [6, 6.07) is 20.4. The average molecular weight is 340 g/mol. The summed E-state index contributed by atoms with van der Waals surface area (Å²) in [6.07, 6.45) is 1.97. The Morgan fingerprint density at radius 3 is 2.23 bits per heavy atom. The number of aromatic nitrogens is 2. The van der Waals surface area contributed by atoms with Crippen LogP contribution >= 0.6 is 0 Å². The Bertz CT molecular complexity index is 1080. The van der Waals surface area contributed by atoms with Crippen LogP contribution < -0.4 is 0 Å². The molecular weight excluding hydrogens is 320 g/mol. The first-order valence-electron chi connectivity index (χ1n) is 8.65. The molecule has 4 aromatic rings. The summed E-state index contributed by atoms with van der Waals surface area (Å²) in [5.41, 5.74) is 7.09. The Labute approximate surface area is 152 Å². The Kier molecular flexibility index (Phi) is 4.09. The van der Waals surface area contributed by atoms with Crippen LogP contribution in [0.4, 0.5) is 11.5 Å². The normalized spacial score (nSPS) is 11.5. The van der Waals surface area contributed by atoms with E-state index < -0.39 is 0 Å². The topological polar surface area (TPSA) is 42.0 Å². The van der Waals surface area contributed by atoms with Gasteiger partial charge in [-0.1, -0.05) is 54.1 Å². The maximum absolute atomic E-state index is 4.78. The van der Waals surface area contributed by atoms with Crippen molar-refractivity contribution in [1.82, 2.24) is 9.38 Å². The van der Waals surface area contributed by atoms with E-state index in [1.165, 1.54) is 5.56 Å². The number of pyridine rings is 1. The first-order chi connectivity index (χ1) is 12.6. The van der Waals surface area contributed by atoms with Crippen molar-refractivity contribution in [2.24, 2.45) is 10.2 Å². The van der Waals surface area contributed by atoms with E-state index in [1.807, 2.05) is 34.9 Å². The van der Waals surface area contributed by atoms with Crippen molar-refractivity contribution >= 4 is 17.2 Å². The summed E-state index contributed by atoms with van der Waals surface area (Å²) in [5.74, 6) is 0.743. The number of hydrogen-bond acceptors (Lipinski definition) is 3. The third kappa shape index (κ3) is 2.90. The van der Waals surface area contributed by atoms with Gasteiger partial charge in [0.25, 0.3) is 0 Å². The highest BCUT2D eigenvalue weighted by molar-refractivity contribution is 5.74. The van der Waals surface area contributed by atoms with Gasteiger partial charge in [-0.05, 0) is 44.0 Å². The monoisotopic (exact) mass is 340 g/mol. The lowest BCUT2D eigenvalue weighted by Gasteiger charge is -2.03. The third-order valence-electron chi connectivity index (χ3n) is 4.51.